The molecule has 3 rings (SSSR count). The lowest BCUT2D eigenvalue weighted by Crippen LogP contribution is -2.25. The van der Waals surface area contributed by atoms with E-state index in [2.05, 4.69) is 0 Å². The van der Waals surface area contributed by atoms with Crippen LogP contribution >= 0.6 is 11.3 Å². The molecule has 0 saturated carbocycles. The fourth-order valence-corrected chi connectivity index (χ4v) is 5.34. The zero-order valence-electron chi connectivity index (χ0n) is 18.2. The molecule has 170 valence electrons. The van der Waals surface area contributed by atoms with E-state index in [1.54, 1.807) is 47.8 Å². The number of ether oxygens (including phenoxy) is 2. The second-order valence-electron chi connectivity index (χ2n) is 7.11. The maximum atomic E-state index is 12.6. The smallest absolute Gasteiger partial charge is 0.344 e. The minimum atomic E-state index is -3.63. The van der Waals surface area contributed by atoms with Gasteiger partial charge in [-0.2, -0.15) is 0 Å². The molecule has 0 N–H and O–H groups in total. The van der Waals surface area contributed by atoms with Gasteiger partial charge in [-0.25, -0.2) is 13.2 Å². The molecule has 0 aliphatic heterocycles. The van der Waals surface area contributed by atoms with Crippen molar-refractivity contribution in [1.29, 1.82) is 0 Å². The number of aryl methyl sites for hydroxylation is 1. The number of rotatable bonds is 9. The molecule has 0 spiro atoms. The lowest BCUT2D eigenvalue weighted by molar-refractivity contribution is -0.144. The van der Waals surface area contributed by atoms with E-state index in [0.717, 1.165) is 22.7 Å². The van der Waals surface area contributed by atoms with Crippen LogP contribution in [0.15, 0.2) is 52.1 Å². The van der Waals surface area contributed by atoms with Crippen LogP contribution in [-0.4, -0.2) is 45.0 Å². The van der Waals surface area contributed by atoms with Crippen molar-refractivity contribution < 1.29 is 27.5 Å². The highest BCUT2D eigenvalue weighted by Crippen LogP contribution is 2.26. The molecule has 0 unspecified atom stereocenters. The van der Waals surface area contributed by atoms with Crippen LogP contribution in [0, 0.1) is 13.8 Å². The summed E-state index contributed by atoms with van der Waals surface area (Å²) in [4.78, 5) is 24.2. The van der Waals surface area contributed by atoms with E-state index in [-0.39, 0.29) is 23.2 Å². The first-order chi connectivity index (χ1) is 15.1. The molecule has 2 aromatic heterocycles. The van der Waals surface area contributed by atoms with E-state index in [4.69, 9.17) is 9.47 Å². The molecular weight excluding hydrogens is 452 g/mol. The third-order valence-corrected chi connectivity index (χ3v) is 8.27. The SMILES string of the molecule is Cc1cc(C(=O)COC(=O)COc2ccc(N(C)S(=O)(=O)c3cccs3)cc2)c(C)n1C. The van der Waals surface area contributed by atoms with Gasteiger partial charge in [0.1, 0.15) is 9.96 Å². The van der Waals surface area contributed by atoms with Gasteiger partial charge in [-0.3, -0.25) is 9.10 Å². The number of aromatic nitrogens is 1. The summed E-state index contributed by atoms with van der Waals surface area (Å²) in [6, 6.07) is 11.3. The number of Topliss-reactive ketones (excluding diaryl/α,β-unsaturated/α-hetero) is 1. The van der Waals surface area contributed by atoms with Gasteiger partial charge in [0.05, 0.1) is 5.69 Å². The van der Waals surface area contributed by atoms with Gasteiger partial charge in [0.2, 0.25) is 5.78 Å². The first-order valence-corrected chi connectivity index (χ1v) is 12.0. The average molecular weight is 477 g/mol. The van der Waals surface area contributed by atoms with E-state index >= 15 is 0 Å². The van der Waals surface area contributed by atoms with Crippen LogP contribution in [0.5, 0.6) is 5.75 Å². The average Bonchev–Trinajstić information content (AvgIpc) is 3.41. The number of ketones is 1. The number of hydrogen-bond acceptors (Lipinski definition) is 7. The summed E-state index contributed by atoms with van der Waals surface area (Å²) in [5.41, 5.74) is 2.73. The van der Waals surface area contributed by atoms with Crippen LogP contribution in [0.25, 0.3) is 0 Å². The highest BCUT2D eigenvalue weighted by Gasteiger charge is 2.22. The van der Waals surface area contributed by atoms with Gasteiger partial charge in [0.25, 0.3) is 10.0 Å². The minimum absolute atomic E-state index is 0.249. The number of carbonyl (C=O) groups is 2. The zero-order chi connectivity index (χ0) is 23.5. The summed E-state index contributed by atoms with van der Waals surface area (Å²) in [6.45, 7) is 2.99. The first kappa shape index (κ1) is 23.6. The Morgan fingerprint density at radius 1 is 1.09 bits per heavy atom. The van der Waals surface area contributed by atoms with Crippen molar-refractivity contribution in [1.82, 2.24) is 4.57 Å². The van der Waals surface area contributed by atoms with E-state index in [0.29, 0.717) is 17.0 Å². The van der Waals surface area contributed by atoms with Crippen molar-refractivity contribution in [3.05, 3.63) is 64.8 Å². The van der Waals surface area contributed by atoms with E-state index < -0.39 is 16.0 Å². The van der Waals surface area contributed by atoms with E-state index in [1.165, 1.54) is 11.4 Å². The minimum Gasteiger partial charge on any atom is -0.482 e. The number of hydrogen-bond donors (Lipinski definition) is 0. The number of thiophene rings is 1. The second-order valence-corrected chi connectivity index (χ2v) is 10.3. The number of carbonyl (C=O) groups excluding carboxylic acids is 2. The molecule has 1 aromatic carbocycles. The Labute approximate surface area is 191 Å². The molecule has 10 heteroatoms. The molecule has 0 radical (unpaired) electrons. The molecule has 8 nitrogen and oxygen atoms in total. The monoisotopic (exact) mass is 476 g/mol. The predicted molar refractivity (Wildman–Crippen MR) is 122 cm³/mol. The molecule has 0 saturated heterocycles. The summed E-state index contributed by atoms with van der Waals surface area (Å²) in [7, 11) is -0.296. The van der Waals surface area contributed by atoms with Crippen LogP contribution in [0.1, 0.15) is 21.7 Å². The van der Waals surface area contributed by atoms with Crippen molar-refractivity contribution in [2.75, 3.05) is 24.6 Å². The number of sulfonamides is 1. The lowest BCUT2D eigenvalue weighted by Gasteiger charge is -2.18. The van der Waals surface area contributed by atoms with E-state index in [1.807, 2.05) is 25.5 Å². The molecule has 0 aliphatic rings. The Bertz CT molecular complexity index is 1210. The lowest BCUT2D eigenvalue weighted by atomic mass is 10.1. The molecule has 2 heterocycles. The van der Waals surface area contributed by atoms with Crippen LogP contribution in [-0.2, 0) is 26.6 Å². The first-order valence-electron chi connectivity index (χ1n) is 9.68. The molecule has 0 aliphatic carbocycles. The van der Waals surface area contributed by atoms with Gasteiger partial charge in [-0.15, -0.1) is 11.3 Å². The van der Waals surface area contributed by atoms with Gasteiger partial charge in [-0.05, 0) is 55.6 Å². The van der Waals surface area contributed by atoms with Crippen molar-refractivity contribution in [2.24, 2.45) is 7.05 Å². The number of esters is 1. The van der Waals surface area contributed by atoms with Crippen LogP contribution in [0.3, 0.4) is 0 Å². The van der Waals surface area contributed by atoms with Crippen LogP contribution < -0.4 is 9.04 Å². The highest BCUT2D eigenvalue weighted by molar-refractivity contribution is 7.94. The fraction of sp³-hybridized carbons (Fsp3) is 0.273. The van der Waals surface area contributed by atoms with Crippen LogP contribution in [0.4, 0.5) is 5.69 Å². The van der Waals surface area contributed by atoms with Gasteiger partial charge in [-0.1, -0.05) is 6.07 Å². The topological polar surface area (TPSA) is 94.9 Å². The van der Waals surface area contributed by atoms with E-state index in [9.17, 15) is 18.0 Å². The van der Waals surface area contributed by atoms with Crippen molar-refractivity contribution in [2.45, 2.75) is 18.1 Å². The molecule has 0 amide bonds. The molecule has 0 fully saturated rings. The maximum Gasteiger partial charge on any atom is 0.344 e. The summed E-state index contributed by atoms with van der Waals surface area (Å²) in [5.74, 6) is -0.586. The number of anilines is 1. The molecule has 0 atom stereocenters. The quantitative estimate of drug-likeness (QED) is 0.347. The highest BCUT2D eigenvalue weighted by atomic mass is 32.2. The summed E-state index contributed by atoms with van der Waals surface area (Å²) in [5, 5.41) is 1.70. The van der Waals surface area contributed by atoms with Crippen molar-refractivity contribution >= 4 is 38.8 Å². The Morgan fingerprint density at radius 2 is 1.78 bits per heavy atom. The predicted octanol–water partition coefficient (Wildman–Crippen LogP) is 3.33. The normalized spacial score (nSPS) is 11.2. The third-order valence-electron chi connectivity index (χ3n) is 5.11. The Kier molecular flexibility index (Phi) is 7.05. The maximum absolute atomic E-state index is 12.6. The van der Waals surface area contributed by atoms with Gasteiger partial charge in [0.15, 0.2) is 13.2 Å². The summed E-state index contributed by atoms with van der Waals surface area (Å²) in [6.07, 6.45) is 0. The standard InChI is InChI=1S/C22H24N2O6S2/c1-15-12-19(16(2)23(15)3)20(25)13-30-21(26)14-29-18-9-7-17(8-10-18)24(4)32(27,28)22-6-5-11-31-22/h5-12H,13-14H2,1-4H3. The Hall–Kier alpha value is -3.11. The number of nitrogens with zero attached hydrogens (tertiary/aromatic N) is 2. The molecule has 32 heavy (non-hydrogen) atoms. The van der Waals surface area contributed by atoms with Crippen molar-refractivity contribution in [3.63, 3.8) is 0 Å². The second kappa shape index (κ2) is 9.58. The van der Waals surface area contributed by atoms with Gasteiger partial charge >= 0.3 is 5.97 Å². The van der Waals surface area contributed by atoms with Crippen molar-refractivity contribution in [3.8, 4) is 5.75 Å². The fourth-order valence-electron chi connectivity index (χ4n) is 2.98. The summed E-state index contributed by atoms with van der Waals surface area (Å²) < 4.78 is 38.9. The number of benzene rings is 1. The zero-order valence-corrected chi connectivity index (χ0v) is 19.8. The molecular formula is C22H24N2O6S2. The summed E-state index contributed by atoms with van der Waals surface area (Å²) >= 11 is 1.14. The van der Waals surface area contributed by atoms with Crippen LogP contribution in [0.2, 0.25) is 0 Å². The third kappa shape index (κ3) is 5.03. The Balaban J connectivity index is 1.52. The van der Waals surface area contributed by atoms with Gasteiger partial charge < -0.3 is 14.0 Å². The Morgan fingerprint density at radius 3 is 2.34 bits per heavy atom. The largest absolute Gasteiger partial charge is 0.482 e. The molecule has 3 aromatic rings. The van der Waals surface area contributed by atoms with Gasteiger partial charge in [0, 0.05) is 31.0 Å². The molecule has 0 bridgehead atoms.